The fourth-order valence-electron chi connectivity index (χ4n) is 2.67. The number of H-pyrrole nitrogens is 1. The zero-order chi connectivity index (χ0) is 15.0. The lowest BCUT2D eigenvalue weighted by Crippen LogP contribution is -2.09. The van der Waals surface area contributed by atoms with Crippen LogP contribution in [0.15, 0.2) is 42.5 Å². The van der Waals surface area contributed by atoms with E-state index in [2.05, 4.69) is 24.0 Å². The van der Waals surface area contributed by atoms with Crippen molar-refractivity contribution in [2.75, 3.05) is 0 Å². The number of imidazole rings is 1. The third-order valence-electron chi connectivity index (χ3n) is 3.64. The summed E-state index contributed by atoms with van der Waals surface area (Å²) in [6, 6.07) is 13.2. The van der Waals surface area contributed by atoms with E-state index in [1.54, 1.807) is 6.07 Å². The van der Waals surface area contributed by atoms with Gasteiger partial charge in [-0.3, -0.25) is 0 Å². The molecule has 1 atom stereocenters. The van der Waals surface area contributed by atoms with E-state index < -0.39 is 5.82 Å². The van der Waals surface area contributed by atoms with E-state index in [0.717, 1.165) is 17.5 Å². The van der Waals surface area contributed by atoms with Crippen LogP contribution in [0.1, 0.15) is 24.9 Å². The first-order valence-electron chi connectivity index (χ1n) is 6.76. The Kier molecular flexibility index (Phi) is 3.83. The first-order chi connectivity index (χ1) is 10.1. The summed E-state index contributed by atoms with van der Waals surface area (Å²) in [5, 5.41) is 0.105. The van der Waals surface area contributed by atoms with Gasteiger partial charge in [0.25, 0.3) is 0 Å². The zero-order valence-electron chi connectivity index (χ0n) is 11.4. The Morgan fingerprint density at radius 1 is 1.29 bits per heavy atom. The van der Waals surface area contributed by atoms with Gasteiger partial charge in [0.2, 0.25) is 0 Å². The van der Waals surface area contributed by atoms with E-state index in [1.165, 1.54) is 6.07 Å². The van der Waals surface area contributed by atoms with Gasteiger partial charge in [0, 0.05) is 6.07 Å². The summed E-state index contributed by atoms with van der Waals surface area (Å²) in [5.74, 6) is -0.444. The lowest BCUT2D eigenvalue weighted by Gasteiger charge is -2.18. The molecule has 0 aliphatic heterocycles. The molecule has 1 aromatic heterocycles. The summed E-state index contributed by atoms with van der Waals surface area (Å²) in [6.45, 7) is 2.10. The highest BCUT2D eigenvalue weighted by Gasteiger charge is 2.17. The molecule has 1 N–H and O–H groups in total. The van der Waals surface area contributed by atoms with Crippen LogP contribution >= 0.6 is 23.8 Å². The molecule has 0 aliphatic rings. The van der Waals surface area contributed by atoms with Crippen LogP contribution in [0.2, 0.25) is 5.02 Å². The van der Waals surface area contributed by atoms with Crippen LogP contribution in [0.3, 0.4) is 0 Å². The van der Waals surface area contributed by atoms with E-state index >= 15 is 0 Å². The van der Waals surface area contributed by atoms with E-state index in [4.69, 9.17) is 23.8 Å². The van der Waals surface area contributed by atoms with Gasteiger partial charge in [0.15, 0.2) is 4.77 Å². The molecule has 0 bridgehead atoms. The first kappa shape index (κ1) is 14.3. The number of benzene rings is 2. The van der Waals surface area contributed by atoms with Crippen LogP contribution in [-0.2, 0) is 0 Å². The molecule has 2 nitrogen and oxygen atoms in total. The van der Waals surface area contributed by atoms with Gasteiger partial charge in [-0.15, -0.1) is 0 Å². The smallest absolute Gasteiger partial charge is 0.178 e. The number of hydrogen-bond donors (Lipinski definition) is 1. The highest BCUT2D eigenvalue weighted by Crippen LogP contribution is 2.29. The molecule has 3 aromatic rings. The van der Waals surface area contributed by atoms with Crippen LogP contribution in [-0.4, -0.2) is 9.55 Å². The second kappa shape index (κ2) is 5.62. The summed E-state index contributed by atoms with van der Waals surface area (Å²) in [4.78, 5) is 3.06. The van der Waals surface area contributed by atoms with Crippen molar-refractivity contribution in [2.45, 2.75) is 19.4 Å². The second-order valence-electron chi connectivity index (χ2n) is 4.92. The summed E-state index contributed by atoms with van der Waals surface area (Å²) in [7, 11) is 0. The van der Waals surface area contributed by atoms with Crippen molar-refractivity contribution in [2.24, 2.45) is 0 Å². The highest BCUT2D eigenvalue weighted by molar-refractivity contribution is 7.71. The molecular formula is C16H14ClFN2S. The minimum absolute atomic E-state index is 0.0916. The molecular weight excluding hydrogens is 307 g/mol. The van der Waals surface area contributed by atoms with Crippen molar-refractivity contribution in [3.63, 3.8) is 0 Å². The summed E-state index contributed by atoms with van der Waals surface area (Å²) in [5.41, 5.74) is 2.65. The fourth-order valence-corrected chi connectivity index (χ4v) is 3.17. The van der Waals surface area contributed by atoms with Gasteiger partial charge in [-0.1, -0.05) is 48.9 Å². The molecule has 3 rings (SSSR count). The van der Waals surface area contributed by atoms with Gasteiger partial charge in [0.05, 0.1) is 22.1 Å². The third kappa shape index (κ3) is 2.49. The quantitative estimate of drug-likeness (QED) is 0.633. The molecule has 0 aliphatic carbocycles. The number of rotatable bonds is 3. The minimum Gasteiger partial charge on any atom is -0.330 e. The van der Waals surface area contributed by atoms with E-state index in [1.807, 2.05) is 22.8 Å². The maximum Gasteiger partial charge on any atom is 0.178 e. The van der Waals surface area contributed by atoms with Gasteiger partial charge in [0.1, 0.15) is 5.82 Å². The number of halogens is 2. The van der Waals surface area contributed by atoms with Gasteiger partial charge < -0.3 is 9.55 Å². The number of nitrogens with zero attached hydrogens (tertiary/aromatic N) is 1. The monoisotopic (exact) mass is 320 g/mol. The molecule has 21 heavy (non-hydrogen) atoms. The van der Waals surface area contributed by atoms with Crippen LogP contribution in [0.4, 0.5) is 4.39 Å². The van der Waals surface area contributed by atoms with Crippen molar-refractivity contribution in [1.82, 2.24) is 9.55 Å². The number of nitrogens with one attached hydrogen (secondary N) is 1. The number of aromatic nitrogens is 2. The average molecular weight is 321 g/mol. The van der Waals surface area contributed by atoms with Crippen molar-refractivity contribution < 1.29 is 4.39 Å². The predicted octanol–water partition coefficient (Wildman–Crippen LogP) is 5.49. The largest absolute Gasteiger partial charge is 0.330 e. The molecule has 1 unspecified atom stereocenters. The van der Waals surface area contributed by atoms with Crippen molar-refractivity contribution in [3.05, 3.63) is 63.6 Å². The van der Waals surface area contributed by atoms with Crippen molar-refractivity contribution in [3.8, 4) is 0 Å². The van der Waals surface area contributed by atoms with Gasteiger partial charge >= 0.3 is 0 Å². The maximum atomic E-state index is 13.6. The van der Waals surface area contributed by atoms with Gasteiger partial charge in [-0.25, -0.2) is 4.39 Å². The molecule has 0 amide bonds. The lowest BCUT2D eigenvalue weighted by molar-refractivity contribution is 0.574. The molecule has 2 aromatic carbocycles. The molecule has 1 heterocycles. The number of hydrogen-bond acceptors (Lipinski definition) is 1. The van der Waals surface area contributed by atoms with Crippen molar-refractivity contribution >= 4 is 34.9 Å². The maximum absolute atomic E-state index is 13.6. The summed E-state index contributed by atoms with van der Waals surface area (Å²) >= 11 is 11.4. The normalized spacial score (nSPS) is 12.7. The van der Waals surface area contributed by atoms with Gasteiger partial charge in [-0.05, 0) is 30.3 Å². The van der Waals surface area contributed by atoms with Crippen LogP contribution in [0.5, 0.6) is 0 Å². The third-order valence-corrected chi connectivity index (χ3v) is 4.23. The number of aromatic amines is 1. The molecule has 0 saturated carbocycles. The van der Waals surface area contributed by atoms with Crippen molar-refractivity contribution in [1.29, 1.82) is 0 Å². The van der Waals surface area contributed by atoms with Crippen LogP contribution < -0.4 is 0 Å². The molecule has 108 valence electrons. The van der Waals surface area contributed by atoms with Crippen LogP contribution in [0, 0.1) is 10.6 Å². The Bertz CT molecular complexity index is 839. The first-order valence-corrected chi connectivity index (χ1v) is 7.54. The second-order valence-corrected chi connectivity index (χ2v) is 5.71. The predicted molar refractivity (Wildman–Crippen MR) is 87.0 cm³/mol. The summed E-state index contributed by atoms with van der Waals surface area (Å²) < 4.78 is 16.2. The molecule has 0 fully saturated rings. The Morgan fingerprint density at radius 2 is 2.00 bits per heavy atom. The standard InChI is InChI=1S/C16H14ClFN2S/c1-2-14(10-6-4-3-5-7-10)20-15-8-11(17)12(18)9-13(15)19-16(20)21/h3-9,14H,2H2,1H3,(H,19,21). The Balaban J connectivity index is 2.26. The Hall–Kier alpha value is -1.65. The fraction of sp³-hybridized carbons (Fsp3) is 0.188. The van der Waals surface area contributed by atoms with Crippen LogP contribution in [0.25, 0.3) is 11.0 Å². The molecule has 0 spiro atoms. The highest BCUT2D eigenvalue weighted by atomic mass is 35.5. The van der Waals surface area contributed by atoms with E-state index in [9.17, 15) is 4.39 Å². The van der Waals surface area contributed by atoms with Gasteiger partial charge in [-0.2, -0.15) is 0 Å². The molecule has 0 saturated heterocycles. The van der Waals surface area contributed by atoms with E-state index in [0.29, 0.717) is 10.3 Å². The Labute approximate surface area is 132 Å². The minimum atomic E-state index is -0.444. The SMILES string of the molecule is CCC(c1ccccc1)n1c(=S)[nH]c2cc(F)c(Cl)cc21. The number of fused-ring (bicyclic) bond motifs is 1. The lowest BCUT2D eigenvalue weighted by atomic mass is 10.0. The zero-order valence-corrected chi connectivity index (χ0v) is 13.0. The molecule has 0 radical (unpaired) electrons. The molecule has 5 heteroatoms. The average Bonchev–Trinajstić information content (AvgIpc) is 2.78. The Morgan fingerprint density at radius 3 is 2.67 bits per heavy atom. The summed E-state index contributed by atoms with van der Waals surface area (Å²) in [6.07, 6.45) is 0.875. The van der Waals surface area contributed by atoms with E-state index in [-0.39, 0.29) is 11.1 Å². The topological polar surface area (TPSA) is 20.7 Å².